The first-order chi connectivity index (χ1) is 19.0. The molecule has 2 fully saturated rings. The van der Waals surface area contributed by atoms with Crippen molar-refractivity contribution >= 4 is 28.9 Å². The second-order valence-corrected chi connectivity index (χ2v) is 9.84. The van der Waals surface area contributed by atoms with Crippen molar-refractivity contribution in [2.24, 2.45) is 0 Å². The van der Waals surface area contributed by atoms with Crippen LogP contribution in [0.25, 0.3) is 11.1 Å². The Morgan fingerprint density at radius 2 is 1.97 bits per heavy atom. The van der Waals surface area contributed by atoms with Gasteiger partial charge in [0.1, 0.15) is 6.23 Å². The maximum atomic E-state index is 12.5. The number of anilines is 4. The number of aromatic nitrogens is 3. The maximum absolute atomic E-state index is 12.5. The van der Waals surface area contributed by atoms with Gasteiger partial charge in [-0.1, -0.05) is 12.1 Å². The van der Waals surface area contributed by atoms with Crippen molar-refractivity contribution in [2.75, 3.05) is 68.5 Å². The van der Waals surface area contributed by atoms with E-state index in [4.69, 9.17) is 4.74 Å². The molecule has 3 N–H and O–H groups in total. The zero-order valence-corrected chi connectivity index (χ0v) is 22.5. The van der Waals surface area contributed by atoms with Crippen LogP contribution in [0.4, 0.5) is 23.0 Å². The molecule has 1 aromatic carbocycles. The fraction of sp³-hybridized carbons (Fsp3) is 0.429. The Balaban J connectivity index is 1.23. The molecule has 5 rings (SSSR count). The first kappa shape index (κ1) is 26.6. The molecule has 1 unspecified atom stereocenters. The zero-order valence-electron chi connectivity index (χ0n) is 22.5. The molecule has 206 valence electrons. The molecule has 0 bridgehead atoms. The molecule has 0 radical (unpaired) electrons. The molecule has 2 saturated heterocycles. The van der Waals surface area contributed by atoms with Crippen LogP contribution in [0.15, 0.2) is 48.9 Å². The number of aliphatic hydroxyl groups excluding tert-OH is 1. The Labute approximate surface area is 228 Å². The van der Waals surface area contributed by atoms with Gasteiger partial charge in [-0.15, -0.1) is 0 Å². The summed E-state index contributed by atoms with van der Waals surface area (Å²) in [4.78, 5) is 31.9. The highest BCUT2D eigenvalue weighted by Crippen LogP contribution is 2.32. The third-order valence-electron chi connectivity index (χ3n) is 7.23. The van der Waals surface area contributed by atoms with Crippen LogP contribution in [-0.2, 0) is 4.79 Å². The molecular formula is C28H36N8O3. The molecule has 3 aromatic rings. The minimum Gasteiger partial charge on any atom is -0.480 e. The lowest BCUT2D eigenvalue weighted by molar-refractivity contribution is -0.131. The lowest BCUT2D eigenvalue weighted by Gasteiger charge is -2.28. The number of methoxy groups -OCH3 is 1. The number of rotatable bonds is 9. The number of benzene rings is 1. The highest BCUT2D eigenvalue weighted by molar-refractivity contribution is 5.77. The van der Waals surface area contributed by atoms with Gasteiger partial charge in [0.05, 0.1) is 36.4 Å². The summed E-state index contributed by atoms with van der Waals surface area (Å²) in [5.74, 6) is 1.02. The van der Waals surface area contributed by atoms with Gasteiger partial charge in [-0.2, -0.15) is 4.98 Å². The van der Waals surface area contributed by atoms with Gasteiger partial charge in [-0.25, -0.2) is 4.98 Å². The SMILES string of the molecule is COc1nc(Nc2cncc(N(C)CCC(=O)N3CCNCC3)c2)ncc1-c1ccc(N2CCCC2O)cc1. The molecule has 2 aliphatic rings. The lowest BCUT2D eigenvalue weighted by Crippen LogP contribution is -2.47. The third-order valence-corrected chi connectivity index (χ3v) is 7.23. The highest BCUT2D eigenvalue weighted by Gasteiger charge is 2.22. The van der Waals surface area contributed by atoms with E-state index in [0.717, 1.165) is 73.8 Å². The molecule has 0 saturated carbocycles. The van der Waals surface area contributed by atoms with E-state index in [0.29, 0.717) is 24.8 Å². The van der Waals surface area contributed by atoms with Crippen molar-refractivity contribution in [3.8, 4) is 17.0 Å². The predicted molar refractivity (Wildman–Crippen MR) is 151 cm³/mol. The quantitative estimate of drug-likeness (QED) is 0.379. The smallest absolute Gasteiger partial charge is 0.230 e. The van der Waals surface area contributed by atoms with Crippen LogP contribution in [0.1, 0.15) is 19.3 Å². The zero-order chi connectivity index (χ0) is 27.2. The highest BCUT2D eigenvalue weighted by atomic mass is 16.5. The normalized spacial score (nSPS) is 17.3. The van der Waals surface area contributed by atoms with E-state index < -0.39 is 6.23 Å². The van der Waals surface area contributed by atoms with Crippen molar-refractivity contribution in [1.82, 2.24) is 25.2 Å². The fourth-order valence-corrected chi connectivity index (χ4v) is 4.96. The Kier molecular flexibility index (Phi) is 8.38. The van der Waals surface area contributed by atoms with Gasteiger partial charge in [0.2, 0.25) is 17.7 Å². The average molecular weight is 533 g/mol. The number of piperazine rings is 1. The standard InChI is InChI=1S/C28H36N8O3/c1-34(13-9-25(37)35-14-10-29-11-15-35)23-16-21(17-30-18-23)32-28-31-19-24(27(33-28)39-2)20-5-7-22(8-6-20)36-12-3-4-26(36)38/h5-8,16-19,26,29,38H,3-4,9-15H2,1-2H3,(H,31,32,33). The molecule has 39 heavy (non-hydrogen) atoms. The van der Waals surface area contributed by atoms with Gasteiger partial charge in [0.25, 0.3) is 0 Å². The van der Waals surface area contributed by atoms with Crippen molar-refractivity contribution in [1.29, 1.82) is 0 Å². The Hall–Kier alpha value is -3.96. The number of carbonyl (C=O) groups excluding carboxylic acids is 1. The largest absolute Gasteiger partial charge is 0.480 e. The first-order valence-corrected chi connectivity index (χ1v) is 13.4. The van der Waals surface area contributed by atoms with Crippen LogP contribution in [0.3, 0.4) is 0 Å². The second kappa shape index (κ2) is 12.3. The number of ether oxygens (including phenoxy) is 1. The van der Waals surface area contributed by atoms with Crippen LogP contribution in [0, 0.1) is 0 Å². The van der Waals surface area contributed by atoms with Crippen molar-refractivity contribution in [2.45, 2.75) is 25.5 Å². The van der Waals surface area contributed by atoms with Crippen LogP contribution >= 0.6 is 0 Å². The van der Waals surface area contributed by atoms with Gasteiger partial charge in [-0.3, -0.25) is 9.78 Å². The van der Waals surface area contributed by atoms with E-state index in [9.17, 15) is 9.90 Å². The number of aliphatic hydroxyl groups is 1. The molecule has 0 spiro atoms. The summed E-state index contributed by atoms with van der Waals surface area (Å²) in [5, 5.41) is 16.6. The van der Waals surface area contributed by atoms with E-state index >= 15 is 0 Å². The van der Waals surface area contributed by atoms with Gasteiger partial charge in [-0.05, 0) is 36.6 Å². The lowest BCUT2D eigenvalue weighted by atomic mass is 10.1. The topological polar surface area (TPSA) is 119 Å². The van der Waals surface area contributed by atoms with E-state index in [1.54, 1.807) is 25.7 Å². The monoisotopic (exact) mass is 532 g/mol. The molecule has 11 heteroatoms. The number of amides is 1. The molecular weight excluding hydrogens is 496 g/mol. The minimum absolute atomic E-state index is 0.175. The Morgan fingerprint density at radius 1 is 1.18 bits per heavy atom. The summed E-state index contributed by atoms with van der Waals surface area (Å²) >= 11 is 0. The summed E-state index contributed by atoms with van der Waals surface area (Å²) in [6, 6.07) is 9.94. The Bertz CT molecular complexity index is 1270. The number of nitrogens with zero attached hydrogens (tertiary/aromatic N) is 6. The summed E-state index contributed by atoms with van der Waals surface area (Å²) in [6.45, 7) is 4.68. The maximum Gasteiger partial charge on any atom is 0.230 e. The fourth-order valence-electron chi connectivity index (χ4n) is 4.96. The molecule has 4 heterocycles. The summed E-state index contributed by atoms with van der Waals surface area (Å²) < 4.78 is 5.59. The van der Waals surface area contributed by atoms with Gasteiger partial charge >= 0.3 is 0 Å². The molecule has 1 amide bonds. The first-order valence-electron chi connectivity index (χ1n) is 13.4. The second-order valence-electron chi connectivity index (χ2n) is 9.84. The molecule has 1 atom stereocenters. The van der Waals surface area contributed by atoms with Crippen molar-refractivity contribution in [3.05, 3.63) is 48.9 Å². The molecule has 0 aliphatic carbocycles. The number of pyridine rings is 1. The summed E-state index contributed by atoms with van der Waals surface area (Å²) in [7, 11) is 3.54. The van der Waals surface area contributed by atoms with E-state index in [-0.39, 0.29) is 5.91 Å². The number of nitrogens with one attached hydrogen (secondary N) is 2. The van der Waals surface area contributed by atoms with Gasteiger partial charge in [0, 0.05) is 64.6 Å². The predicted octanol–water partition coefficient (Wildman–Crippen LogP) is 2.47. The van der Waals surface area contributed by atoms with E-state index in [2.05, 4.69) is 25.6 Å². The average Bonchev–Trinajstić information content (AvgIpc) is 3.42. The number of hydrogen-bond acceptors (Lipinski definition) is 10. The van der Waals surface area contributed by atoms with Crippen molar-refractivity contribution in [3.63, 3.8) is 0 Å². The van der Waals surface area contributed by atoms with Crippen LogP contribution in [0.2, 0.25) is 0 Å². The van der Waals surface area contributed by atoms with Crippen molar-refractivity contribution < 1.29 is 14.6 Å². The Morgan fingerprint density at radius 3 is 2.69 bits per heavy atom. The van der Waals surface area contributed by atoms with E-state index in [1.165, 1.54) is 0 Å². The van der Waals surface area contributed by atoms with Crippen LogP contribution in [0.5, 0.6) is 5.88 Å². The number of carbonyl (C=O) groups is 1. The van der Waals surface area contributed by atoms with E-state index in [1.807, 2.05) is 52.1 Å². The van der Waals surface area contributed by atoms with Gasteiger partial charge < -0.3 is 35.2 Å². The van der Waals surface area contributed by atoms with Crippen LogP contribution in [-0.4, -0.2) is 90.5 Å². The van der Waals surface area contributed by atoms with Gasteiger partial charge in [0.15, 0.2) is 0 Å². The third kappa shape index (κ3) is 6.37. The minimum atomic E-state index is -0.424. The molecule has 2 aromatic heterocycles. The molecule has 11 nitrogen and oxygen atoms in total. The summed E-state index contributed by atoms with van der Waals surface area (Å²) in [5.41, 5.74) is 4.32. The molecule has 2 aliphatic heterocycles. The number of hydrogen-bond donors (Lipinski definition) is 3. The summed E-state index contributed by atoms with van der Waals surface area (Å²) in [6.07, 6.45) is 7.03. The van der Waals surface area contributed by atoms with Crippen LogP contribution < -0.4 is 25.2 Å².